The van der Waals surface area contributed by atoms with Crippen molar-refractivity contribution in [1.29, 1.82) is 0 Å². The van der Waals surface area contributed by atoms with Gasteiger partial charge in [0.15, 0.2) is 5.78 Å². The Balaban J connectivity index is 2.19. The summed E-state index contributed by atoms with van der Waals surface area (Å²) in [6, 6.07) is -1.14. The maximum absolute atomic E-state index is 12.6. The van der Waals surface area contributed by atoms with Gasteiger partial charge in [-0.2, -0.15) is 0 Å². The van der Waals surface area contributed by atoms with Gasteiger partial charge in [-0.15, -0.1) is 0 Å². The third kappa shape index (κ3) is 3.57. The number of ketones is 1. The van der Waals surface area contributed by atoms with Crippen molar-refractivity contribution in [3.63, 3.8) is 0 Å². The Morgan fingerprint density at radius 3 is 2.48 bits per heavy atom. The summed E-state index contributed by atoms with van der Waals surface area (Å²) in [5.41, 5.74) is 1.49. The van der Waals surface area contributed by atoms with E-state index in [4.69, 9.17) is 4.74 Å². The van der Waals surface area contributed by atoms with Gasteiger partial charge in [-0.1, -0.05) is 13.3 Å². The molecular formula is C17H23N3O5. The molecule has 1 aromatic heterocycles. The van der Waals surface area contributed by atoms with E-state index in [0.29, 0.717) is 23.2 Å². The second kappa shape index (κ2) is 7.50. The normalized spacial score (nSPS) is 17.0. The molecule has 0 saturated carbocycles. The van der Waals surface area contributed by atoms with Gasteiger partial charge in [-0.05, 0) is 32.8 Å². The summed E-state index contributed by atoms with van der Waals surface area (Å²) in [5.74, 6) is -1.34. The van der Waals surface area contributed by atoms with Gasteiger partial charge >= 0.3 is 12.0 Å². The topological polar surface area (TPSA) is 109 Å². The van der Waals surface area contributed by atoms with Crippen molar-refractivity contribution in [1.82, 2.24) is 15.2 Å². The van der Waals surface area contributed by atoms with Gasteiger partial charge in [-0.25, -0.2) is 9.59 Å². The van der Waals surface area contributed by atoms with E-state index >= 15 is 0 Å². The van der Waals surface area contributed by atoms with Gasteiger partial charge in [-0.3, -0.25) is 14.5 Å². The Bertz CT molecular complexity index is 722. The van der Waals surface area contributed by atoms with Crippen LogP contribution in [0.3, 0.4) is 0 Å². The Hall–Kier alpha value is -2.64. The molecule has 1 atom stereocenters. The minimum atomic E-state index is -0.577. The SMILES string of the molecule is CCC[C@H]1NC(=O)N(CC(=O)c2[nH]c(C)c(C(=O)OCC)c2C)C1=O. The zero-order valence-electron chi connectivity index (χ0n) is 14.9. The summed E-state index contributed by atoms with van der Waals surface area (Å²) in [6.07, 6.45) is 1.28. The standard InChI is InChI=1S/C17H23N3O5/c1-5-7-11-15(22)20(17(24)19-11)8-12(21)14-9(3)13(10(4)18-14)16(23)25-6-2/h11,18H,5-8H2,1-4H3,(H,19,24)/t11-/m1/s1. The number of amides is 3. The lowest BCUT2D eigenvalue weighted by atomic mass is 10.1. The fraction of sp³-hybridized carbons (Fsp3) is 0.529. The number of imide groups is 1. The van der Waals surface area contributed by atoms with Crippen molar-refractivity contribution in [2.45, 2.75) is 46.6 Å². The number of aryl methyl sites for hydroxylation is 1. The molecule has 25 heavy (non-hydrogen) atoms. The third-order valence-corrected chi connectivity index (χ3v) is 4.18. The van der Waals surface area contributed by atoms with Gasteiger partial charge in [0.05, 0.1) is 24.4 Å². The summed E-state index contributed by atoms with van der Waals surface area (Å²) in [5, 5.41) is 2.58. The number of ether oxygens (including phenoxy) is 1. The second-order valence-electron chi connectivity index (χ2n) is 5.98. The highest BCUT2D eigenvalue weighted by Gasteiger charge is 2.38. The summed E-state index contributed by atoms with van der Waals surface area (Å²) in [6.45, 7) is 6.78. The predicted octanol–water partition coefficient (Wildman–Crippen LogP) is 1.71. The number of carbonyl (C=O) groups is 4. The van der Waals surface area contributed by atoms with Crippen LogP contribution in [0.2, 0.25) is 0 Å². The van der Waals surface area contributed by atoms with Crippen LogP contribution in [0.15, 0.2) is 0 Å². The molecule has 0 unspecified atom stereocenters. The highest BCUT2D eigenvalue weighted by Crippen LogP contribution is 2.20. The van der Waals surface area contributed by atoms with Crippen LogP contribution in [0.4, 0.5) is 4.79 Å². The molecule has 1 aliphatic heterocycles. The highest BCUT2D eigenvalue weighted by atomic mass is 16.5. The van der Waals surface area contributed by atoms with Crippen LogP contribution in [0.25, 0.3) is 0 Å². The number of hydrogen-bond acceptors (Lipinski definition) is 5. The third-order valence-electron chi connectivity index (χ3n) is 4.18. The van der Waals surface area contributed by atoms with Crippen molar-refractivity contribution in [2.75, 3.05) is 13.2 Å². The summed E-state index contributed by atoms with van der Waals surface area (Å²) in [4.78, 5) is 52.5. The van der Waals surface area contributed by atoms with Crippen molar-refractivity contribution < 1.29 is 23.9 Å². The average Bonchev–Trinajstić information content (AvgIpc) is 2.98. The Labute approximate surface area is 145 Å². The number of nitrogens with zero attached hydrogens (tertiary/aromatic N) is 1. The molecule has 1 aliphatic rings. The average molecular weight is 349 g/mol. The maximum Gasteiger partial charge on any atom is 0.340 e. The molecule has 1 fully saturated rings. The monoisotopic (exact) mass is 349 g/mol. The number of urea groups is 1. The molecule has 0 aromatic carbocycles. The first-order chi connectivity index (χ1) is 11.8. The molecule has 2 N–H and O–H groups in total. The highest BCUT2D eigenvalue weighted by molar-refractivity contribution is 6.10. The van der Waals surface area contributed by atoms with E-state index in [1.165, 1.54) is 0 Å². The van der Waals surface area contributed by atoms with Crippen LogP contribution in [0.5, 0.6) is 0 Å². The number of aromatic nitrogens is 1. The first kappa shape index (κ1) is 18.7. The van der Waals surface area contributed by atoms with Gasteiger partial charge in [0.1, 0.15) is 6.04 Å². The van der Waals surface area contributed by atoms with Crippen LogP contribution in [-0.2, 0) is 9.53 Å². The molecule has 0 bridgehead atoms. The zero-order chi connectivity index (χ0) is 18.7. The second-order valence-corrected chi connectivity index (χ2v) is 5.98. The van der Waals surface area contributed by atoms with Crippen LogP contribution >= 0.6 is 0 Å². The number of carbonyl (C=O) groups excluding carboxylic acids is 4. The van der Waals surface area contributed by atoms with Gasteiger partial charge in [0.2, 0.25) is 0 Å². The molecule has 8 heteroatoms. The van der Waals surface area contributed by atoms with Gasteiger partial charge in [0.25, 0.3) is 5.91 Å². The lowest BCUT2D eigenvalue weighted by Gasteiger charge is -2.12. The number of aromatic amines is 1. The summed E-state index contributed by atoms with van der Waals surface area (Å²) in [7, 11) is 0. The van der Waals surface area contributed by atoms with E-state index in [0.717, 1.165) is 11.3 Å². The molecule has 1 aromatic rings. The van der Waals surface area contributed by atoms with E-state index in [1.807, 2.05) is 6.92 Å². The largest absolute Gasteiger partial charge is 0.462 e. The maximum atomic E-state index is 12.6. The smallest absolute Gasteiger partial charge is 0.340 e. The molecular weight excluding hydrogens is 326 g/mol. The van der Waals surface area contributed by atoms with Crippen molar-refractivity contribution >= 4 is 23.7 Å². The number of nitrogens with one attached hydrogen (secondary N) is 2. The lowest BCUT2D eigenvalue weighted by molar-refractivity contribution is -0.127. The van der Waals surface area contributed by atoms with E-state index in [9.17, 15) is 19.2 Å². The fourth-order valence-corrected chi connectivity index (χ4v) is 2.97. The van der Waals surface area contributed by atoms with E-state index in [2.05, 4.69) is 10.3 Å². The molecule has 2 rings (SSSR count). The van der Waals surface area contributed by atoms with Gasteiger partial charge < -0.3 is 15.0 Å². The van der Waals surface area contributed by atoms with Gasteiger partial charge in [0, 0.05) is 5.69 Å². The van der Waals surface area contributed by atoms with Crippen molar-refractivity contribution in [3.05, 3.63) is 22.5 Å². The van der Waals surface area contributed by atoms with Crippen LogP contribution < -0.4 is 5.32 Å². The fourth-order valence-electron chi connectivity index (χ4n) is 2.97. The first-order valence-electron chi connectivity index (χ1n) is 8.33. The number of Topliss-reactive ketones (excluding diaryl/α,β-unsaturated/α-hetero) is 1. The number of rotatable bonds is 7. The van der Waals surface area contributed by atoms with E-state index in [-0.39, 0.29) is 18.8 Å². The summed E-state index contributed by atoms with van der Waals surface area (Å²) < 4.78 is 4.99. The molecule has 0 aliphatic carbocycles. The van der Waals surface area contributed by atoms with Crippen molar-refractivity contribution in [3.8, 4) is 0 Å². The lowest BCUT2D eigenvalue weighted by Crippen LogP contribution is -2.36. The Kier molecular flexibility index (Phi) is 5.61. The molecule has 2 heterocycles. The summed E-state index contributed by atoms with van der Waals surface area (Å²) >= 11 is 0. The van der Waals surface area contributed by atoms with Crippen LogP contribution in [-0.4, -0.2) is 52.8 Å². The van der Waals surface area contributed by atoms with E-state index < -0.39 is 29.7 Å². The number of H-pyrrole nitrogens is 1. The quantitative estimate of drug-likeness (QED) is 0.442. The molecule has 0 spiro atoms. The molecule has 136 valence electrons. The molecule has 8 nitrogen and oxygen atoms in total. The Morgan fingerprint density at radius 1 is 1.20 bits per heavy atom. The number of esters is 1. The number of hydrogen-bond donors (Lipinski definition) is 2. The first-order valence-corrected chi connectivity index (χ1v) is 8.33. The van der Waals surface area contributed by atoms with Crippen LogP contribution in [0, 0.1) is 13.8 Å². The minimum absolute atomic E-state index is 0.208. The van der Waals surface area contributed by atoms with E-state index in [1.54, 1.807) is 20.8 Å². The Morgan fingerprint density at radius 2 is 1.88 bits per heavy atom. The predicted molar refractivity (Wildman–Crippen MR) is 89.5 cm³/mol. The molecule has 0 radical (unpaired) electrons. The van der Waals surface area contributed by atoms with Crippen molar-refractivity contribution in [2.24, 2.45) is 0 Å². The molecule has 3 amide bonds. The van der Waals surface area contributed by atoms with Crippen LogP contribution in [0.1, 0.15) is 58.8 Å². The minimum Gasteiger partial charge on any atom is -0.462 e. The molecule has 1 saturated heterocycles. The zero-order valence-corrected chi connectivity index (χ0v) is 14.9.